The molecule has 4 nitrogen and oxygen atoms in total. The highest BCUT2D eigenvalue weighted by molar-refractivity contribution is 5.95. The van der Waals surface area contributed by atoms with Gasteiger partial charge in [-0.05, 0) is 0 Å². The van der Waals surface area contributed by atoms with Crippen LogP contribution < -0.4 is 9.47 Å². The van der Waals surface area contributed by atoms with E-state index in [1.54, 1.807) is 6.07 Å². The van der Waals surface area contributed by atoms with E-state index in [1.165, 1.54) is 7.11 Å². The van der Waals surface area contributed by atoms with E-state index in [1.807, 2.05) is 24.3 Å². The molecule has 1 aliphatic heterocycles. The van der Waals surface area contributed by atoms with Crippen molar-refractivity contribution in [1.82, 2.24) is 0 Å². The molecule has 0 bridgehead atoms. The van der Waals surface area contributed by atoms with E-state index >= 15 is 0 Å². The van der Waals surface area contributed by atoms with Gasteiger partial charge in [0.1, 0.15) is 18.5 Å². The molecule has 0 spiro atoms. The number of rotatable bonds is 4. The van der Waals surface area contributed by atoms with Gasteiger partial charge in [-0.25, -0.2) is 0 Å². The molecule has 4 heteroatoms. The van der Waals surface area contributed by atoms with Gasteiger partial charge in [0.25, 0.3) is 0 Å². The van der Waals surface area contributed by atoms with Crippen LogP contribution in [0.25, 0.3) is 10.8 Å². The van der Waals surface area contributed by atoms with Gasteiger partial charge in [-0.2, -0.15) is 0 Å². The molecule has 1 N–H and O–H groups in total. The van der Waals surface area contributed by atoms with Crippen molar-refractivity contribution in [2.75, 3.05) is 20.3 Å². The van der Waals surface area contributed by atoms with Crippen molar-refractivity contribution in [3.63, 3.8) is 0 Å². The second kappa shape index (κ2) is 4.38. The Morgan fingerprint density at radius 3 is 2.67 bits per heavy atom. The number of hydrogen-bond donors (Lipinski definition) is 1. The van der Waals surface area contributed by atoms with Crippen molar-refractivity contribution in [3.8, 4) is 17.2 Å². The van der Waals surface area contributed by atoms with Crippen LogP contribution >= 0.6 is 0 Å². The summed E-state index contributed by atoms with van der Waals surface area (Å²) in [5.74, 6) is 1.26. The molecule has 1 atom stereocenters. The molecule has 1 unspecified atom stereocenters. The number of phenolic OH excluding ortho intramolecular Hbond substituents is 1. The van der Waals surface area contributed by atoms with Gasteiger partial charge < -0.3 is 19.3 Å². The van der Waals surface area contributed by atoms with Crippen LogP contribution in [-0.4, -0.2) is 31.5 Å². The van der Waals surface area contributed by atoms with E-state index in [0.29, 0.717) is 18.1 Å². The summed E-state index contributed by atoms with van der Waals surface area (Å²) in [6.45, 7) is 1.28. The molecule has 2 aromatic rings. The lowest BCUT2D eigenvalue weighted by Crippen LogP contribution is -2.04. The highest BCUT2D eigenvalue weighted by Gasteiger charge is 2.24. The number of fused-ring (bicyclic) bond motifs is 1. The minimum atomic E-state index is 0.142. The summed E-state index contributed by atoms with van der Waals surface area (Å²) in [6, 6.07) is 9.25. The maximum atomic E-state index is 10.1. The summed E-state index contributed by atoms with van der Waals surface area (Å²) in [7, 11) is 1.53. The third-order valence-corrected chi connectivity index (χ3v) is 2.99. The molecule has 1 heterocycles. The van der Waals surface area contributed by atoms with Crippen molar-refractivity contribution < 1.29 is 19.3 Å². The van der Waals surface area contributed by atoms with Gasteiger partial charge in [-0.15, -0.1) is 0 Å². The quantitative estimate of drug-likeness (QED) is 0.841. The SMILES string of the molecule is COc1cc(OCC2CO2)c2ccccc2c1O. The maximum absolute atomic E-state index is 10.1. The summed E-state index contributed by atoms with van der Waals surface area (Å²) in [5, 5.41) is 11.7. The Labute approximate surface area is 105 Å². The number of ether oxygens (including phenoxy) is 3. The van der Waals surface area contributed by atoms with E-state index in [9.17, 15) is 5.11 Å². The lowest BCUT2D eigenvalue weighted by Gasteiger charge is -2.12. The lowest BCUT2D eigenvalue weighted by molar-refractivity contribution is 0.264. The number of aromatic hydroxyl groups is 1. The average molecular weight is 246 g/mol. The van der Waals surface area contributed by atoms with Gasteiger partial charge in [-0.1, -0.05) is 24.3 Å². The first-order valence-electron chi connectivity index (χ1n) is 5.82. The van der Waals surface area contributed by atoms with Crippen LogP contribution in [0.3, 0.4) is 0 Å². The Bertz CT molecular complexity index is 575. The van der Waals surface area contributed by atoms with Crippen LogP contribution in [-0.2, 0) is 4.74 Å². The lowest BCUT2D eigenvalue weighted by atomic mass is 10.1. The van der Waals surface area contributed by atoms with Crippen molar-refractivity contribution in [3.05, 3.63) is 30.3 Å². The Hall–Kier alpha value is -1.94. The molecule has 1 aliphatic rings. The van der Waals surface area contributed by atoms with E-state index in [2.05, 4.69) is 0 Å². The molecule has 3 rings (SSSR count). The molecule has 0 saturated carbocycles. The van der Waals surface area contributed by atoms with Gasteiger partial charge in [0, 0.05) is 16.8 Å². The van der Waals surface area contributed by atoms with Gasteiger partial charge in [0.15, 0.2) is 11.5 Å². The van der Waals surface area contributed by atoms with Crippen LogP contribution in [0.5, 0.6) is 17.2 Å². The Balaban J connectivity index is 2.06. The first kappa shape index (κ1) is 11.2. The predicted octanol–water partition coefficient (Wildman–Crippen LogP) is 2.33. The van der Waals surface area contributed by atoms with Crippen molar-refractivity contribution in [2.45, 2.75) is 6.10 Å². The topological polar surface area (TPSA) is 51.2 Å². The molecule has 1 fully saturated rings. The molecule has 1 saturated heterocycles. The number of benzene rings is 2. The normalized spacial score (nSPS) is 17.7. The average Bonchev–Trinajstić information content (AvgIpc) is 3.22. The molecular weight excluding hydrogens is 232 g/mol. The molecule has 0 aliphatic carbocycles. The predicted molar refractivity (Wildman–Crippen MR) is 67.4 cm³/mol. The van der Waals surface area contributed by atoms with E-state index in [-0.39, 0.29) is 11.9 Å². The maximum Gasteiger partial charge on any atom is 0.165 e. The highest BCUT2D eigenvalue weighted by atomic mass is 16.6. The number of methoxy groups -OCH3 is 1. The Kier molecular flexibility index (Phi) is 2.72. The monoisotopic (exact) mass is 246 g/mol. The van der Waals surface area contributed by atoms with Gasteiger partial charge >= 0.3 is 0 Å². The summed E-state index contributed by atoms with van der Waals surface area (Å²) >= 11 is 0. The van der Waals surface area contributed by atoms with Crippen LogP contribution in [0.15, 0.2) is 30.3 Å². The zero-order chi connectivity index (χ0) is 12.5. The second-order valence-electron chi connectivity index (χ2n) is 4.24. The fourth-order valence-electron chi connectivity index (χ4n) is 1.92. The minimum Gasteiger partial charge on any atom is -0.504 e. The Morgan fingerprint density at radius 1 is 1.28 bits per heavy atom. The minimum absolute atomic E-state index is 0.142. The van der Waals surface area contributed by atoms with Crippen LogP contribution in [0.4, 0.5) is 0 Å². The first-order chi connectivity index (χ1) is 8.79. The zero-order valence-electron chi connectivity index (χ0n) is 10.1. The van der Waals surface area contributed by atoms with E-state index in [0.717, 1.165) is 17.4 Å². The molecular formula is C14H14O4. The standard InChI is InChI=1S/C14H14O4/c1-16-13-6-12(18-8-9-7-17-9)10-4-2-3-5-11(10)14(13)15/h2-6,9,15H,7-8H2,1H3. The van der Waals surface area contributed by atoms with Crippen LogP contribution in [0, 0.1) is 0 Å². The summed E-state index contributed by atoms with van der Waals surface area (Å²) in [6.07, 6.45) is 0.198. The smallest absolute Gasteiger partial charge is 0.165 e. The molecule has 0 aromatic heterocycles. The molecule has 94 valence electrons. The van der Waals surface area contributed by atoms with E-state index < -0.39 is 0 Å². The molecule has 0 radical (unpaired) electrons. The highest BCUT2D eigenvalue weighted by Crippen LogP contribution is 2.40. The fourth-order valence-corrected chi connectivity index (χ4v) is 1.92. The summed E-state index contributed by atoms with van der Waals surface area (Å²) < 4.78 is 16.0. The number of hydrogen-bond acceptors (Lipinski definition) is 4. The van der Waals surface area contributed by atoms with Crippen molar-refractivity contribution in [1.29, 1.82) is 0 Å². The largest absolute Gasteiger partial charge is 0.504 e. The first-order valence-corrected chi connectivity index (χ1v) is 5.82. The summed E-state index contributed by atoms with van der Waals surface area (Å²) in [4.78, 5) is 0. The van der Waals surface area contributed by atoms with Gasteiger partial charge in [-0.3, -0.25) is 0 Å². The van der Waals surface area contributed by atoms with Crippen molar-refractivity contribution in [2.24, 2.45) is 0 Å². The molecule has 18 heavy (non-hydrogen) atoms. The fraction of sp³-hybridized carbons (Fsp3) is 0.286. The molecule has 0 amide bonds. The summed E-state index contributed by atoms with van der Waals surface area (Å²) in [5.41, 5.74) is 0. The zero-order valence-corrected chi connectivity index (χ0v) is 10.1. The number of epoxide rings is 1. The van der Waals surface area contributed by atoms with Gasteiger partial charge in [0.2, 0.25) is 0 Å². The Morgan fingerprint density at radius 2 is 2.00 bits per heavy atom. The third kappa shape index (κ3) is 1.95. The molecule has 2 aromatic carbocycles. The number of phenols is 1. The van der Waals surface area contributed by atoms with E-state index in [4.69, 9.17) is 14.2 Å². The van der Waals surface area contributed by atoms with Crippen LogP contribution in [0.2, 0.25) is 0 Å². The third-order valence-electron chi connectivity index (χ3n) is 2.99. The second-order valence-corrected chi connectivity index (χ2v) is 4.24. The van der Waals surface area contributed by atoms with Gasteiger partial charge in [0.05, 0.1) is 13.7 Å². The van der Waals surface area contributed by atoms with Crippen molar-refractivity contribution >= 4 is 10.8 Å². The van der Waals surface area contributed by atoms with Crippen LogP contribution in [0.1, 0.15) is 0 Å².